The molecule has 0 aromatic rings. The van der Waals surface area contributed by atoms with Gasteiger partial charge in [-0.3, -0.25) is 5.41 Å². The van der Waals surface area contributed by atoms with Crippen molar-refractivity contribution < 1.29 is 5.21 Å². The van der Waals surface area contributed by atoms with Crippen molar-refractivity contribution in [3.8, 4) is 0 Å². The topological polar surface area (TPSA) is 161 Å². The Morgan fingerprint density at radius 2 is 1.33 bits per heavy atom. The monoisotopic (exact) mass is 134 g/mol. The van der Waals surface area contributed by atoms with E-state index >= 15 is 0 Å². The summed E-state index contributed by atoms with van der Waals surface area (Å²) in [6.07, 6.45) is 0. The van der Waals surface area contributed by atoms with Gasteiger partial charge in [0, 0.05) is 0 Å². The summed E-state index contributed by atoms with van der Waals surface area (Å²) in [7, 11) is 0. The summed E-state index contributed by atoms with van der Waals surface area (Å²) in [5.41, 5.74) is 18.1. The summed E-state index contributed by atoms with van der Waals surface area (Å²) in [4.78, 5) is 0. The first kappa shape index (κ1) is 10.3. The third-order valence-corrected chi connectivity index (χ3v) is 0.115. The zero-order valence-electron chi connectivity index (χ0n) is 4.70. The standard InChI is InChI=1S/CH5N3O.CH5N3/c2-1(3)4-5;2-1(3)4/h5H,(H4,2,3,4);(H5,2,3,4). The van der Waals surface area contributed by atoms with E-state index in [4.69, 9.17) is 10.6 Å². The van der Waals surface area contributed by atoms with Crippen LogP contribution in [0.25, 0.3) is 0 Å². The molecule has 0 bridgehead atoms. The van der Waals surface area contributed by atoms with Gasteiger partial charge in [0.15, 0.2) is 5.96 Å². The molecular formula is C2H10N6O. The van der Waals surface area contributed by atoms with Crippen molar-refractivity contribution in [2.75, 3.05) is 0 Å². The summed E-state index contributed by atoms with van der Waals surface area (Å²) in [6, 6.07) is 0. The zero-order valence-corrected chi connectivity index (χ0v) is 4.70. The lowest BCUT2D eigenvalue weighted by Crippen LogP contribution is -2.21. The normalized spacial score (nSPS) is 6.22. The number of nitrogens with one attached hydrogen (secondary N) is 1. The molecular weight excluding hydrogens is 124 g/mol. The van der Waals surface area contributed by atoms with Crippen LogP contribution in [-0.4, -0.2) is 17.1 Å². The van der Waals surface area contributed by atoms with E-state index in [-0.39, 0.29) is 11.9 Å². The van der Waals surface area contributed by atoms with E-state index in [1.807, 2.05) is 0 Å². The Bertz CT molecular complexity index is 99.6. The van der Waals surface area contributed by atoms with Crippen LogP contribution in [0.5, 0.6) is 0 Å². The predicted molar refractivity (Wildman–Crippen MR) is 33.7 cm³/mol. The second-order valence-electron chi connectivity index (χ2n) is 0.980. The second-order valence-corrected chi connectivity index (χ2v) is 0.980. The number of nitrogens with zero attached hydrogens (tertiary/aromatic N) is 1. The van der Waals surface area contributed by atoms with Gasteiger partial charge in [-0.2, -0.15) is 0 Å². The summed E-state index contributed by atoms with van der Waals surface area (Å²) in [5, 5.41) is 15.9. The highest BCUT2D eigenvalue weighted by atomic mass is 16.4. The minimum absolute atomic E-state index is 0.315. The highest BCUT2D eigenvalue weighted by Crippen LogP contribution is 1.39. The van der Waals surface area contributed by atoms with Gasteiger partial charge in [0.05, 0.1) is 0 Å². The molecule has 0 aromatic carbocycles. The van der Waals surface area contributed by atoms with Gasteiger partial charge in [-0.25, -0.2) is 0 Å². The van der Waals surface area contributed by atoms with Crippen molar-refractivity contribution in [1.82, 2.24) is 0 Å². The molecule has 0 aliphatic rings. The molecule has 0 spiro atoms. The Morgan fingerprint density at radius 3 is 1.33 bits per heavy atom. The lowest BCUT2D eigenvalue weighted by molar-refractivity contribution is 0.317. The highest BCUT2D eigenvalue weighted by molar-refractivity contribution is 5.74. The number of guanidine groups is 2. The average Bonchev–Trinajstić information content (AvgIpc) is 1.65. The first-order valence-corrected chi connectivity index (χ1v) is 1.83. The molecule has 0 aliphatic heterocycles. The molecule has 0 fully saturated rings. The van der Waals surface area contributed by atoms with Crippen LogP contribution < -0.4 is 22.9 Å². The molecule has 7 nitrogen and oxygen atoms in total. The number of oxime groups is 1. The van der Waals surface area contributed by atoms with Gasteiger partial charge in [0.25, 0.3) is 0 Å². The van der Waals surface area contributed by atoms with E-state index in [1.54, 1.807) is 0 Å². The van der Waals surface area contributed by atoms with Crippen LogP contribution in [0.4, 0.5) is 0 Å². The fourth-order valence-corrected chi connectivity index (χ4v) is 0. The maximum atomic E-state index is 7.48. The molecule has 7 heteroatoms. The average molecular weight is 134 g/mol. The molecule has 0 atom stereocenters. The van der Waals surface area contributed by atoms with Crippen molar-refractivity contribution in [3.63, 3.8) is 0 Å². The maximum Gasteiger partial charge on any atom is 0.228 e. The van der Waals surface area contributed by atoms with Gasteiger partial charge < -0.3 is 28.1 Å². The van der Waals surface area contributed by atoms with E-state index in [2.05, 4.69) is 28.1 Å². The molecule has 0 saturated carbocycles. The van der Waals surface area contributed by atoms with Gasteiger partial charge in [0.1, 0.15) is 0 Å². The van der Waals surface area contributed by atoms with Crippen LogP contribution in [0.2, 0.25) is 0 Å². The van der Waals surface area contributed by atoms with E-state index in [0.29, 0.717) is 0 Å². The summed E-state index contributed by atoms with van der Waals surface area (Å²) >= 11 is 0. The molecule has 0 amide bonds. The fraction of sp³-hybridized carbons (Fsp3) is 0. The lowest BCUT2D eigenvalue weighted by Gasteiger charge is -1.75. The number of hydrogen-bond acceptors (Lipinski definition) is 3. The Morgan fingerprint density at radius 1 is 1.22 bits per heavy atom. The molecule has 54 valence electrons. The summed E-state index contributed by atoms with van der Waals surface area (Å²) in [6.45, 7) is 0. The van der Waals surface area contributed by atoms with Crippen molar-refractivity contribution in [3.05, 3.63) is 0 Å². The highest BCUT2D eigenvalue weighted by Gasteiger charge is 1.64. The van der Waals surface area contributed by atoms with E-state index in [9.17, 15) is 0 Å². The third-order valence-electron chi connectivity index (χ3n) is 0.115. The van der Waals surface area contributed by atoms with Crippen molar-refractivity contribution in [2.24, 2.45) is 28.1 Å². The van der Waals surface area contributed by atoms with Gasteiger partial charge in [-0.1, -0.05) is 5.16 Å². The quantitative estimate of drug-likeness (QED) is 0.0931. The van der Waals surface area contributed by atoms with Crippen LogP contribution in [0, 0.1) is 5.41 Å². The Labute approximate surface area is 51.8 Å². The van der Waals surface area contributed by atoms with Crippen molar-refractivity contribution in [2.45, 2.75) is 0 Å². The molecule has 0 unspecified atom stereocenters. The third kappa shape index (κ3) is 1030. The number of hydrogen-bond donors (Lipinski definition) is 6. The van der Waals surface area contributed by atoms with Gasteiger partial charge in [-0.15, -0.1) is 0 Å². The maximum absolute atomic E-state index is 7.48. The molecule has 0 heterocycles. The first-order chi connectivity index (χ1) is 4.00. The SMILES string of the molecule is N=C(N)N.NC(N)=NO. The number of rotatable bonds is 0. The second kappa shape index (κ2) is 6.34. The van der Waals surface area contributed by atoms with E-state index in [1.165, 1.54) is 0 Å². The number of nitrogens with two attached hydrogens (primary N) is 4. The van der Waals surface area contributed by atoms with E-state index in [0.717, 1.165) is 0 Å². The summed E-state index contributed by atoms with van der Waals surface area (Å²) in [5.74, 6) is -0.648. The molecule has 0 radical (unpaired) electrons. The Kier molecular flexibility index (Phi) is 7.29. The van der Waals surface area contributed by atoms with Gasteiger partial charge >= 0.3 is 0 Å². The zero-order chi connectivity index (χ0) is 7.86. The van der Waals surface area contributed by atoms with Gasteiger partial charge in [-0.05, 0) is 0 Å². The lowest BCUT2D eigenvalue weighted by atomic mass is 11.1. The van der Waals surface area contributed by atoms with E-state index < -0.39 is 0 Å². The fourth-order valence-electron chi connectivity index (χ4n) is 0. The van der Waals surface area contributed by atoms with Crippen molar-refractivity contribution >= 4 is 11.9 Å². The van der Waals surface area contributed by atoms with Crippen molar-refractivity contribution in [1.29, 1.82) is 5.41 Å². The largest absolute Gasteiger partial charge is 0.408 e. The van der Waals surface area contributed by atoms with Gasteiger partial charge in [0.2, 0.25) is 5.96 Å². The van der Waals surface area contributed by atoms with Crippen LogP contribution in [-0.2, 0) is 0 Å². The molecule has 10 N–H and O–H groups in total. The van der Waals surface area contributed by atoms with Crippen LogP contribution in [0.15, 0.2) is 5.16 Å². The minimum atomic E-state index is -0.333. The molecule has 0 aliphatic carbocycles. The smallest absolute Gasteiger partial charge is 0.228 e. The molecule has 9 heavy (non-hydrogen) atoms. The predicted octanol–water partition coefficient (Wildman–Crippen LogP) is -2.51. The molecule has 0 rings (SSSR count). The van der Waals surface area contributed by atoms with Crippen LogP contribution in [0.3, 0.4) is 0 Å². The molecule has 0 aromatic heterocycles. The van der Waals surface area contributed by atoms with Crippen LogP contribution in [0.1, 0.15) is 0 Å². The minimum Gasteiger partial charge on any atom is -0.408 e. The summed E-state index contributed by atoms with van der Waals surface area (Å²) < 4.78 is 0. The van der Waals surface area contributed by atoms with Crippen LogP contribution >= 0.6 is 0 Å². The Hall–Kier alpha value is -1.66. The Balaban J connectivity index is 0. The first-order valence-electron chi connectivity index (χ1n) is 1.83. The molecule has 0 saturated heterocycles.